The Kier molecular flexibility index (Phi) is 1.08. The minimum absolute atomic E-state index is 0.948. The first-order valence-corrected chi connectivity index (χ1v) is 3.47. The molecule has 0 radical (unpaired) electrons. The largest absolute Gasteiger partial charge is 0.282 e. The topological polar surface area (TPSA) is 21.1 Å². The molecule has 2 rings (SSSR count). The fourth-order valence-electron chi connectivity index (χ4n) is 1.40. The number of fused-ring (bicyclic) bond motifs is 1. The van der Waals surface area contributed by atoms with E-state index in [-0.39, 0.29) is 0 Å². The lowest BCUT2D eigenvalue weighted by atomic mass is 10.4. The Morgan fingerprint density at radius 1 is 1.60 bits per heavy atom. The van der Waals surface area contributed by atoms with Crippen LogP contribution in [0.5, 0.6) is 0 Å². The van der Waals surface area contributed by atoms with Gasteiger partial charge in [-0.2, -0.15) is 5.10 Å². The smallest absolute Gasteiger partial charge is 0.0933 e. The molecule has 0 N–H and O–H groups in total. The summed E-state index contributed by atoms with van der Waals surface area (Å²) >= 11 is 0. The van der Waals surface area contributed by atoms with Crippen molar-refractivity contribution in [3.05, 3.63) is 17.5 Å². The Balaban J connectivity index is 2.39. The summed E-state index contributed by atoms with van der Waals surface area (Å²) in [5, 5.41) is 4.32. The zero-order valence-corrected chi connectivity index (χ0v) is 6.33. The van der Waals surface area contributed by atoms with Crippen LogP contribution in [0.15, 0.2) is 6.07 Å². The SMILES string of the molecule is Cc1cc2n(n1)CN(C)C2. The van der Waals surface area contributed by atoms with Crippen LogP contribution < -0.4 is 0 Å². The summed E-state index contributed by atoms with van der Waals surface area (Å²) in [6, 6.07) is 2.14. The Labute approximate surface area is 60.3 Å². The Morgan fingerprint density at radius 3 is 3.10 bits per heavy atom. The van der Waals surface area contributed by atoms with Crippen molar-refractivity contribution in [1.82, 2.24) is 14.7 Å². The van der Waals surface area contributed by atoms with Crippen molar-refractivity contribution < 1.29 is 0 Å². The summed E-state index contributed by atoms with van der Waals surface area (Å²) in [4.78, 5) is 2.24. The molecule has 0 amide bonds. The van der Waals surface area contributed by atoms with Gasteiger partial charge in [0.1, 0.15) is 0 Å². The first-order valence-electron chi connectivity index (χ1n) is 3.47. The van der Waals surface area contributed by atoms with Crippen molar-refractivity contribution in [3.63, 3.8) is 0 Å². The van der Waals surface area contributed by atoms with Crippen LogP contribution in [0.2, 0.25) is 0 Å². The molecule has 0 fully saturated rings. The zero-order valence-electron chi connectivity index (χ0n) is 6.33. The summed E-state index contributed by atoms with van der Waals surface area (Å²) in [6.07, 6.45) is 0. The van der Waals surface area contributed by atoms with Crippen molar-refractivity contribution >= 4 is 0 Å². The Bertz CT molecular complexity index is 228. The number of hydrogen-bond donors (Lipinski definition) is 0. The normalized spacial score (nSPS) is 17.8. The van der Waals surface area contributed by atoms with Crippen LogP contribution in [-0.2, 0) is 13.2 Å². The molecule has 0 aliphatic carbocycles. The molecule has 3 heteroatoms. The van der Waals surface area contributed by atoms with Crippen molar-refractivity contribution in [1.29, 1.82) is 0 Å². The van der Waals surface area contributed by atoms with Gasteiger partial charge in [-0.05, 0) is 20.0 Å². The number of rotatable bonds is 0. The van der Waals surface area contributed by atoms with Gasteiger partial charge < -0.3 is 0 Å². The fraction of sp³-hybridized carbons (Fsp3) is 0.571. The highest BCUT2D eigenvalue weighted by molar-refractivity contribution is 5.10. The summed E-state index contributed by atoms with van der Waals surface area (Å²) in [5.41, 5.74) is 2.46. The average molecular weight is 137 g/mol. The van der Waals surface area contributed by atoms with Crippen LogP contribution in [0.3, 0.4) is 0 Å². The predicted molar refractivity (Wildman–Crippen MR) is 38.4 cm³/mol. The lowest BCUT2D eigenvalue weighted by Gasteiger charge is -2.02. The van der Waals surface area contributed by atoms with Gasteiger partial charge in [0, 0.05) is 6.54 Å². The predicted octanol–water partition coefficient (Wildman–Crippen LogP) is 0.594. The van der Waals surface area contributed by atoms with Crippen LogP contribution in [0.25, 0.3) is 0 Å². The van der Waals surface area contributed by atoms with E-state index in [0.717, 1.165) is 18.9 Å². The Hall–Kier alpha value is -0.830. The minimum atomic E-state index is 0.948. The molecule has 0 atom stereocenters. The number of aryl methyl sites for hydroxylation is 1. The highest BCUT2D eigenvalue weighted by atomic mass is 15.4. The molecule has 0 saturated heterocycles. The molecule has 1 aromatic heterocycles. The lowest BCUT2D eigenvalue weighted by Crippen LogP contribution is -2.11. The van der Waals surface area contributed by atoms with E-state index in [1.807, 2.05) is 6.92 Å². The number of nitrogens with zero attached hydrogens (tertiary/aromatic N) is 3. The molecular formula is C7H11N3. The van der Waals surface area contributed by atoms with E-state index in [9.17, 15) is 0 Å². The Morgan fingerprint density at radius 2 is 2.40 bits per heavy atom. The molecule has 1 aromatic rings. The number of aromatic nitrogens is 2. The average Bonchev–Trinajstić information content (AvgIpc) is 2.21. The maximum absolute atomic E-state index is 4.32. The van der Waals surface area contributed by atoms with Gasteiger partial charge in [0.2, 0.25) is 0 Å². The summed E-state index contributed by atoms with van der Waals surface area (Å²) < 4.78 is 2.05. The molecule has 0 bridgehead atoms. The molecule has 2 heterocycles. The van der Waals surface area contributed by atoms with Gasteiger partial charge in [-0.25, -0.2) is 0 Å². The molecule has 0 saturated carbocycles. The van der Waals surface area contributed by atoms with E-state index in [2.05, 4.69) is 27.8 Å². The third kappa shape index (κ3) is 0.743. The molecule has 1 aliphatic rings. The van der Waals surface area contributed by atoms with Crippen LogP contribution in [0, 0.1) is 6.92 Å². The van der Waals surface area contributed by atoms with Crippen molar-refractivity contribution in [2.45, 2.75) is 20.1 Å². The summed E-state index contributed by atoms with van der Waals surface area (Å²) in [6.45, 7) is 4.02. The molecule has 0 unspecified atom stereocenters. The second-order valence-electron chi connectivity index (χ2n) is 2.93. The van der Waals surface area contributed by atoms with Gasteiger partial charge in [0.15, 0.2) is 0 Å². The zero-order chi connectivity index (χ0) is 7.14. The minimum Gasteiger partial charge on any atom is -0.282 e. The van der Waals surface area contributed by atoms with Crippen molar-refractivity contribution in [2.75, 3.05) is 7.05 Å². The second-order valence-corrected chi connectivity index (χ2v) is 2.93. The van der Waals surface area contributed by atoms with Gasteiger partial charge >= 0.3 is 0 Å². The number of hydrogen-bond acceptors (Lipinski definition) is 2. The van der Waals surface area contributed by atoms with Crippen LogP contribution >= 0.6 is 0 Å². The van der Waals surface area contributed by atoms with Crippen LogP contribution in [0.1, 0.15) is 11.4 Å². The lowest BCUT2D eigenvalue weighted by molar-refractivity contribution is 0.306. The van der Waals surface area contributed by atoms with Crippen molar-refractivity contribution in [3.8, 4) is 0 Å². The first-order chi connectivity index (χ1) is 4.75. The molecule has 0 aromatic carbocycles. The van der Waals surface area contributed by atoms with Gasteiger partial charge in [0.05, 0.1) is 18.1 Å². The maximum Gasteiger partial charge on any atom is 0.0933 e. The van der Waals surface area contributed by atoms with E-state index in [0.29, 0.717) is 0 Å². The third-order valence-corrected chi connectivity index (χ3v) is 1.79. The van der Waals surface area contributed by atoms with E-state index in [4.69, 9.17) is 0 Å². The molecule has 1 aliphatic heterocycles. The summed E-state index contributed by atoms with van der Waals surface area (Å²) in [5.74, 6) is 0. The fourth-order valence-corrected chi connectivity index (χ4v) is 1.40. The molecule has 54 valence electrons. The monoisotopic (exact) mass is 137 g/mol. The van der Waals surface area contributed by atoms with Gasteiger partial charge in [-0.3, -0.25) is 9.58 Å². The standard InChI is InChI=1S/C7H11N3/c1-6-3-7-4-9(2)5-10(7)8-6/h3H,4-5H2,1-2H3. The van der Waals surface area contributed by atoms with Gasteiger partial charge in [-0.15, -0.1) is 0 Å². The molecular weight excluding hydrogens is 126 g/mol. The highest BCUT2D eigenvalue weighted by Gasteiger charge is 2.15. The molecule has 3 nitrogen and oxygen atoms in total. The third-order valence-electron chi connectivity index (χ3n) is 1.79. The second kappa shape index (κ2) is 1.83. The summed E-state index contributed by atoms with van der Waals surface area (Å²) in [7, 11) is 2.10. The van der Waals surface area contributed by atoms with Crippen LogP contribution in [-0.4, -0.2) is 21.7 Å². The molecule has 0 spiro atoms. The van der Waals surface area contributed by atoms with E-state index < -0.39 is 0 Å². The van der Waals surface area contributed by atoms with E-state index in [1.165, 1.54) is 5.69 Å². The van der Waals surface area contributed by atoms with Crippen molar-refractivity contribution in [2.24, 2.45) is 0 Å². The van der Waals surface area contributed by atoms with Gasteiger partial charge in [-0.1, -0.05) is 0 Å². The highest BCUT2D eigenvalue weighted by Crippen LogP contribution is 2.13. The van der Waals surface area contributed by atoms with Gasteiger partial charge in [0.25, 0.3) is 0 Å². The quantitative estimate of drug-likeness (QED) is 0.522. The van der Waals surface area contributed by atoms with Crippen LogP contribution in [0.4, 0.5) is 0 Å². The maximum atomic E-state index is 4.32. The molecule has 10 heavy (non-hydrogen) atoms. The van der Waals surface area contributed by atoms with E-state index >= 15 is 0 Å². The van der Waals surface area contributed by atoms with E-state index in [1.54, 1.807) is 0 Å². The first kappa shape index (κ1) is 5.92.